The maximum atomic E-state index is 13.7. The van der Waals surface area contributed by atoms with E-state index in [2.05, 4.69) is 16.5 Å². The van der Waals surface area contributed by atoms with E-state index < -0.39 is 0 Å². The van der Waals surface area contributed by atoms with Gasteiger partial charge in [-0.3, -0.25) is 0 Å². The van der Waals surface area contributed by atoms with Crippen molar-refractivity contribution in [2.24, 2.45) is 5.92 Å². The van der Waals surface area contributed by atoms with Crippen molar-refractivity contribution in [3.05, 3.63) is 42.1 Å². The second kappa shape index (κ2) is 3.99. The van der Waals surface area contributed by atoms with Crippen molar-refractivity contribution >= 4 is 0 Å². The Balaban J connectivity index is 2.03. The van der Waals surface area contributed by atoms with Gasteiger partial charge >= 0.3 is 0 Å². The average molecular weight is 230 g/mol. The standard InChI is InChI=1S/C14H15FN2/c1-10-6-7-17-9-13(16-14(17)8-10)11-4-2-3-5-12(11)15/h2-5,9-10H,6-8H2,1H3. The minimum Gasteiger partial charge on any atom is -0.334 e. The fourth-order valence-corrected chi connectivity index (χ4v) is 2.38. The molecule has 0 bridgehead atoms. The first-order valence-corrected chi connectivity index (χ1v) is 6.05. The van der Waals surface area contributed by atoms with E-state index in [1.54, 1.807) is 12.1 Å². The number of hydrogen-bond acceptors (Lipinski definition) is 1. The zero-order valence-electron chi connectivity index (χ0n) is 9.86. The number of aryl methyl sites for hydroxylation is 1. The van der Waals surface area contributed by atoms with Crippen LogP contribution in [0.1, 0.15) is 19.2 Å². The molecule has 3 rings (SSSR count). The molecular weight excluding hydrogens is 215 g/mol. The molecule has 0 saturated heterocycles. The van der Waals surface area contributed by atoms with Gasteiger partial charge in [-0.05, 0) is 24.5 Å². The Kier molecular flexibility index (Phi) is 2.46. The summed E-state index contributed by atoms with van der Waals surface area (Å²) in [7, 11) is 0. The molecule has 2 heterocycles. The Morgan fingerprint density at radius 1 is 1.35 bits per heavy atom. The lowest BCUT2D eigenvalue weighted by molar-refractivity contribution is 0.409. The summed E-state index contributed by atoms with van der Waals surface area (Å²) in [6.45, 7) is 3.24. The average Bonchev–Trinajstić information content (AvgIpc) is 2.72. The van der Waals surface area contributed by atoms with E-state index in [1.165, 1.54) is 12.5 Å². The van der Waals surface area contributed by atoms with Gasteiger partial charge in [0.2, 0.25) is 0 Å². The molecule has 1 aromatic carbocycles. The summed E-state index contributed by atoms with van der Waals surface area (Å²) in [5.41, 5.74) is 1.36. The van der Waals surface area contributed by atoms with Crippen LogP contribution in [-0.2, 0) is 13.0 Å². The predicted molar refractivity (Wildman–Crippen MR) is 65.1 cm³/mol. The van der Waals surface area contributed by atoms with E-state index in [0.29, 0.717) is 11.5 Å². The second-order valence-corrected chi connectivity index (χ2v) is 4.81. The highest BCUT2D eigenvalue weighted by molar-refractivity contribution is 5.59. The topological polar surface area (TPSA) is 17.8 Å². The molecule has 0 aliphatic carbocycles. The molecule has 17 heavy (non-hydrogen) atoms. The van der Waals surface area contributed by atoms with E-state index in [9.17, 15) is 4.39 Å². The van der Waals surface area contributed by atoms with Crippen LogP contribution in [0.25, 0.3) is 11.3 Å². The van der Waals surface area contributed by atoms with Crippen molar-refractivity contribution in [3.8, 4) is 11.3 Å². The Labute approximate surface area is 100 Å². The lowest BCUT2D eigenvalue weighted by Gasteiger charge is -2.18. The fourth-order valence-electron chi connectivity index (χ4n) is 2.38. The molecule has 1 atom stereocenters. The normalized spacial score (nSPS) is 19.1. The van der Waals surface area contributed by atoms with Crippen molar-refractivity contribution in [1.29, 1.82) is 0 Å². The Morgan fingerprint density at radius 2 is 2.18 bits per heavy atom. The molecule has 88 valence electrons. The minimum atomic E-state index is -0.198. The highest BCUT2D eigenvalue weighted by Gasteiger charge is 2.18. The van der Waals surface area contributed by atoms with Crippen molar-refractivity contribution in [1.82, 2.24) is 9.55 Å². The number of rotatable bonds is 1. The van der Waals surface area contributed by atoms with Gasteiger partial charge in [-0.1, -0.05) is 19.1 Å². The van der Waals surface area contributed by atoms with Gasteiger partial charge in [0.15, 0.2) is 0 Å². The smallest absolute Gasteiger partial charge is 0.132 e. The van der Waals surface area contributed by atoms with Crippen LogP contribution in [0.2, 0.25) is 0 Å². The number of fused-ring (bicyclic) bond motifs is 1. The van der Waals surface area contributed by atoms with Crippen LogP contribution in [0, 0.1) is 11.7 Å². The maximum absolute atomic E-state index is 13.7. The molecule has 2 nitrogen and oxygen atoms in total. The van der Waals surface area contributed by atoms with E-state index >= 15 is 0 Å². The molecule has 0 N–H and O–H groups in total. The predicted octanol–water partition coefficient (Wildman–Crippen LogP) is 3.27. The van der Waals surface area contributed by atoms with Gasteiger partial charge < -0.3 is 4.57 Å². The minimum absolute atomic E-state index is 0.198. The Bertz CT molecular complexity index is 545. The van der Waals surface area contributed by atoms with Crippen LogP contribution in [0.3, 0.4) is 0 Å². The number of nitrogens with zero attached hydrogens (tertiary/aromatic N) is 2. The summed E-state index contributed by atoms with van der Waals surface area (Å²) in [6, 6.07) is 6.82. The van der Waals surface area contributed by atoms with Crippen LogP contribution >= 0.6 is 0 Å². The number of imidazole rings is 1. The van der Waals surface area contributed by atoms with Crippen molar-refractivity contribution in [2.75, 3.05) is 0 Å². The zero-order valence-corrected chi connectivity index (χ0v) is 9.86. The molecule has 0 spiro atoms. The number of benzene rings is 1. The van der Waals surface area contributed by atoms with Gasteiger partial charge in [-0.25, -0.2) is 9.37 Å². The van der Waals surface area contributed by atoms with Gasteiger partial charge in [0.1, 0.15) is 11.6 Å². The summed E-state index contributed by atoms with van der Waals surface area (Å²) in [5.74, 6) is 1.57. The third-order valence-corrected chi connectivity index (χ3v) is 3.40. The molecular formula is C14H15FN2. The molecule has 1 aromatic heterocycles. The van der Waals surface area contributed by atoms with Gasteiger partial charge in [0.25, 0.3) is 0 Å². The largest absolute Gasteiger partial charge is 0.334 e. The molecule has 1 aliphatic rings. The number of hydrogen-bond donors (Lipinski definition) is 0. The lowest BCUT2D eigenvalue weighted by atomic mass is 10.0. The quantitative estimate of drug-likeness (QED) is 0.735. The molecule has 3 heteroatoms. The van der Waals surface area contributed by atoms with Crippen molar-refractivity contribution in [3.63, 3.8) is 0 Å². The van der Waals surface area contributed by atoms with Crippen molar-refractivity contribution in [2.45, 2.75) is 26.3 Å². The molecule has 1 unspecified atom stereocenters. The number of aromatic nitrogens is 2. The molecule has 0 amide bonds. The summed E-state index contributed by atoms with van der Waals surface area (Å²) in [5, 5.41) is 0. The van der Waals surface area contributed by atoms with Crippen LogP contribution in [0.15, 0.2) is 30.5 Å². The first-order valence-electron chi connectivity index (χ1n) is 6.05. The Hall–Kier alpha value is -1.64. The van der Waals surface area contributed by atoms with Crippen LogP contribution in [0.5, 0.6) is 0 Å². The van der Waals surface area contributed by atoms with Gasteiger partial charge in [0, 0.05) is 24.7 Å². The molecule has 0 radical (unpaired) electrons. The third kappa shape index (κ3) is 1.86. The van der Waals surface area contributed by atoms with Crippen molar-refractivity contribution < 1.29 is 4.39 Å². The maximum Gasteiger partial charge on any atom is 0.132 e. The first kappa shape index (κ1) is 10.5. The summed E-state index contributed by atoms with van der Waals surface area (Å²) < 4.78 is 15.8. The number of halogens is 1. The molecule has 0 saturated carbocycles. The summed E-state index contributed by atoms with van der Waals surface area (Å²) in [4.78, 5) is 4.56. The van der Waals surface area contributed by atoms with Gasteiger partial charge in [-0.2, -0.15) is 0 Å². The summed E-state index contributed by atoms with van der Waals surface area (Å²) in [6.07, 6.45) is 4.15. The lowest BCUT2D eigenvalue weighted by Crippen LogP contribution is -2.16. The van der Waals surface area contributed by atoms with E-state index in [-0.39, 0.29) is 5.82 Å². The van der Waals surface area contributed by atoms with Crippen LogP contribution in [-0.4, -0.2) is 9.55 Å². The zero-order chi connectivity index (χ0) is 11.8. The molecule has 2 aromatic rings. The molecule has 0 fully saturated rings. The molecule has 1 aliphatic heterocycles. The SMILES string of the molecule is CC1CCn2cc(-c3ccccc3F)nc2C1. The monoisotopic (exact) mass is 230 g/mol. The third-order valence-electron chi connectivity index (χ3n) is 3.40. The van der Waals surface area contributed by atoms with Gasteiger partial charge in [-0.15, -0.1) is 0 Å². The van der Waals surface area contributed by atoms with E-state index in [4.69, 9.17) is 0 Å². The summed E-state index contributed by atoms with van der Waals surface area (Å²) >= 11 is 0. The Morgan fingerprint density at radius 3 is 3.00 bits per heavy atom. The van der Waals surface area contributed by atoms with E-state index in [0.717, 1.165) is 24.5 Å². The fraction of sp³-hybridized carbons (Fsp3) is 0.357. The van der Waals surface area contributed by atoms with Crippen LogP contribution in [0.4, 0.5) is 4.39 Å². The van der Waals surface area contributed by atoms with E-state index in [1.807, 2.05) is 12.3 Å². The highest BCUT2D eigenvalue weighted by Crippen LogP contribution is 2.26. The highest BCUT2D eigenvalue weighted by atomic mass is 19.1. The first-order chi connectivity index (χ1) is 8.24. The second-order valence-electron chi connectivity index (χ2n) is 4.81. The van der Waals surface area contributed by atoms with Crippen LogP contribution < -0.4 is 0 Å². The van der Waals surface area contributed by atoms with Gasteiger partial charge in [0.05, 0.1) is 5.69 Å².